The van der Waals surface area contributed by atoms with Crippen LogP contribution in [0, 0.1) is 0 Å². The zero-order chi connectivity index (χ0) is 10.7. The lowest BCUT2D eigenvalue weighted by Crippen LogP contribution is -2.11. The molecule has 4 nitrogen and oxygen atoms in total. The van der Waals surface area contributed by atoms with Gasteiger partial charge in [0.05, 0.1) is 24.3 Å². The molecule has 15 heavy (non-hydrogen) atoms. The molecule has 78 valence electrons. The maximum absolute atomic E-state index is 11.5. The standard InChI is InChI=1S/C11H10O4/c12-10-8-4-1-2-5-9(8)11(13)15-7-3-6-14-10/h1-2,4-5H,3,6-7H2. The number of carbonyl (C=O) groups is 2. The van der Waals surface area contributed by atoms with Crippen LogP contribution in [0.2, 0.25) is 0 Å². The summed E-state index contributed by atoms with van der Waals surface area (Å²) in [5.41, 5.74) is 0.536. The average Bonchev–Trinajstić information content (AvgIpc) is 2.33. The molecule has 4 heteroatoms. The lowest BCUT2D eigenvalue weighted by atomic mass is 10.1. The highest BCUT2D eigenvalue weighted by Crippen LogP contribution is 2.13. The van der Waals surface area contributed by atoms with Crippen LogP contribution < -0.4 is 0 Å². The molecule has 1 aliphatic heterocycles. The second-order valence-electron chi connectivity index (χ2n) is 3.17. The third kappa shape index (κ3) is 1.98. The minimum Gasteiger partial charge on any atom is -0.462 e. The number of hydrogen-bond donors (Lipinski definition) is 0. The van der Waals surface area contributed by atoms with Crippen LogP contribution in [0.15, 0.2) is 24.3 Å². The van der Waals surface area contributed by atoms with Crippen LogP contribution in [0.25, 0.3) is 0 Å². The van der Waals surface area contributed by atoms with Crippen molar-refractivity contribution in [2.24, 2.45) is 0 Å². The minimum absolute atomic E-state index is 0.268. The summed E-state index contributed by atoms with van der Waals surface area (Å²) >= 11 is 0. The van der Waals surface area contributed by atoms with E-state index in [0.29, 0.717) is 6.42 Å². The normalized spacial score (nSPS) is 16.5. The Labute approximate surface area is 86.8 Å². The van der Waals surface area contributed by atoms with Gasteiger partial charge in [0, 0.05) is 6.42 Å². The van der Waals surface area contributed by atoms with E-state index in [4.69, 9.17) is 9.47 Å². The van der Waals surface area contributed by atoms with Crippen LogP contribution in [0.3, 0.4) is 0 Å². The van der Waals surface area contributed by atoms with Crippen molar-refractivity contribution in [1.29, 1.82) is 0 Å². The summed E-state index contributed by atoms with van der Waals surface area (Å²) in [7, 11) is 0. The summed E-state index contributed by atoms with van der Waals surface area (Å²) in [6.45, 7) is 0.556. The van der Waals surface area contributed by atoms with Crippen molar-refractivity contribution in [3.8, 4) is 0 Å². The molecule has 1 heterocycles. The Morgan fingerprint density at radius 1 is 0.867 bits per heavy atom. The smallest absolute Gasteiger partial charge is 0.339 e. The number of benzene rings is 1. The number of ether oxygens (including phenoxy) is 2. The first kappa shape index (κ1) is 9.71. The molecule has 0 aromatic heterocycles. The first-order chi connectivity index (χ1) is 7.29. The van der Waals surface area contributed by atoms with Crippen LogP contribution in [0.4, 0.5) is 0 Å². The van der Waals surface area contributed by atoms with E-state index in [1.807, 2.05) is 0 Å². The monoisotopic (exact) mass is 206 g/mol. The molecule has 0 saturated heterocycles. The molecule has 0 amide bonds. The Morgan fingerprint density at radius 3 is 1.80 bits per heavy atom. The number of cyclic esters (lactones) is 2. The predicted molar refractivity (Wildman–Crippen MR) is 51.6 cm³/mol. The second-order valence-corrected chi connectivity index (χ2v) is 3.17. The molecule has 1 aliphatic rings. The summed E-state index contributed by atoms with van der Waals surface area (Å²) in [5, 5.41) is 0. The molecule has 0 atom stereocenters. The maximum Gasteiger partial charge on any atom is 0.339 e. The van der Waals surface area contributed by atoms with Gasteiger partial charge in [-0.05, 0) is 12.1 Å². The van der Waals surface area contributed by atoms with Gasteiger partial charge in [-0.2, -0.15) is 0 Å². The molecule has 2 rings (SSSR count). The van der Waals surface area contributed by atoms with E-state index in [9.17, 15) is 9.59 Å². The SMILES string of the molecule is O=C1OCCCOC(=O)c2ccccc21. The van der Waals surface area contributed by atoms with E-state index >= 15 is 0 Å². The Bertz CT molecular complexity index is 360. The molecule has 0 N–H and O–H groups in total. The molecule has 0 fully saturated rings. The van der Waals surface area contributed by atoms with Gasteiger partial charge in [-0.15, -0.1) is 0 Å². The summed E-state index contributed by atoms with van der Waals surface area (Å²) in [6.07, 6.45) is 0.533. The maximum atomic E-state index is 11.5. The van der Waals surface area contributed by atoms with E-state index < -0.39 is 11.9 Å². The van der Waals surface area contributed by atoms with E-state index in [0.717, 1.165) is 0 Å². The fourth-order valence-corrected chi connectivity index (χ4v) is 1.38. The van der Waals surface area contributed by atoms with E-state index in [-0.39, 0.29) is 24.3 Å². The number of carbonyl (C=O) groups excluding carboxylic acids is 2. The molecule has 1 aromatic rings. The molecule has 1 aromatic carbocycles. The number of esters is 2. The lowest BCUT2D eigenvalue weighted by Gasteiger charge is -2.04. The summed E-state index contributed by atoms with van der Waals surface area (Å²) in [5.74, 6) is -0.936. The van der Waals surface area contributed by atoms with Gasteiger partial charge in [0.1, 0.15) is 0 Å². The van der Waals surface area contributed by atoms with E-state index in [2.05, 4.69) is 0 Å². The van der Waals surface area contributed by atoms with Crippen LogP contribution >= 0.6 is 0 Å². The van der Waals surface area contributed by atoms with Crippen molar-refractivity contribution >= 4 is 11.9 Å². The molecule has 0 radical (unpaired) electrons. The number of hydrogen-bond acceptors (Lipinski definition) is 4. The highest BCUT2D eigenvalue weighted by molar-refractivity contribution is 6.03. The molecule has 0 bridgehead atoms. The Balaban J connectivity index is 2.43. The Hall–Kier alpha value is -1.84. The van der Waals surface area contributed by atoms with Crippen LogP contribution in [0.5, 0.6) is 0 Å². The number of rotatable bonds is 0. The van der Waals surface area contributed by atoms with Gasteiger partial charge >= 0.3 is 11.9 Å². The Morgan fingerprint density at radius 2 is 1.33 bits per heavy atom. The van der Waals surface area contributed by atoms with Gasteiger partial charge in [-0.3, -0.25) is 0 Å². The summed E-state index contributed by atoms with van der Waals surface area (Å²) < 4.78 is 9.93. The van der Waals surface area contributed by atoms with Crippen molar-refractivity contribution in [1.82, 2.24) is 0 Å². The average molecular weight is 206 g/mol. The summed E-state index contributed by atoms with van der Waals surface area (Å²) in [6, 6.07) is 6.49. The third-order valence-electron chi connectivity index (χ3n) is 2.12. The zero-order valence-corrected chi connectivity index (χ0v) is 8.06. The first-order valence-corrected chi connectivity index (χ1v) is 4.72. The van der Waals surface area contributed by atoms with Gasteiger partial charge < -0.3 is 9.47 Å². The lowest BCUT2D eigenvalue weighted by molar-refractivity contribution is 0.0435. The van der Waals surface area contributed by atoms with Crippen molar-refractivity contribution < 1.29 is 19.1 Å². The largest absolute Gasteiger partial charge is 0.462 e. The highest BCUT2D eigenvalue weighted by Gasteiger charge is 2.20. The third-order valence-corrected chi connectivity index (χ3v) is 2.12. The van der Waals surface area contributed by atoms with Crippen LogP contribution in [-0.4, -0.2) is 25.2 Å². The quantitative estimate of drug-likeness (QED) is 0.602. The van der Waals surface area contributed by atoms with Gasteiger partial charge in [0.15, 0.2) is 0 Å². The molecule has 0 saturated carbocycles. The van der Waals surface area contributed by atoms with Gasteiger partial charge in [0.2, 0.25) is 0 Å². The van der Waals surface area contributed by atoms with E-state index in [1.165, 1.54) is 0 Å². The highest BCUT2D eigenvalue weighted by atomic mass is 16.5. The number of fused-ring (bicyclic) bond motifs is 1. The molecule has 0 aliphatic carbocycles. The first-order valence-electron chi connectivity index (χ1n) is 4.72. The second kappa shape index (κ2) is 4.13. The predicted octanol–water partition coefficient (Wildman–Crippen LogP) is 1.40. The molecular weight excluding hydrogens is 196 g/mol. The van der Waals surface area contributed by atoms with E-state index in [1.54, 1.807) is 24.3 Å². The topological polar surface area (TPSA) is 52.6 Å². The van der Waals surface area contributed by atoms with Gasteiger partial charge in [-0.25, -0.2) is 9.59 Å². The van der Waals surface area contributed by atoms with Crippen molar-refractivity contribution in [3.63, 3.8) is 0 Å². The van der Waals surface area contributed by atoms with Gasteiger partial charge in [-0.1, -0.05) is 12.1 Å². The van der Waals surface area contributed by atoms with Crippen molar-refractivity contribution in [2.45, 2.75) is 6.42 Å². The zero-order valence-electron chi connectivity index (χ0n) is 8.06. The fourth-order valence-electron chi connectivity index (χ4n) is 1.38. The van der Waals surface area contributed by atoms with Crippen LogP contribution in [-0.2, 0) is 9.47 Å². The minimum atomic E-state index is -0.468. The van der Waals surface area contributed by atoms with Crippen molar-refractivity contribution in [3.05, 3.63) is 35.4 Å². The van der Waals surface area contributed by atoms with Crippen LogP contribution in [0.1, 0.15) is 27.1 Å². The fraction of sp³-hybridized carbons (Fsp3) is 0.273. The van der Waals surface area contributed by atoms with Gasteiger partial charge in [0.25, 0.3) is 0 Å². The molecule has 0 spiro atoms. The Kier molecular flexibility index (Phi) is 2.67. The summed E-state index contributed by atoms with van der Waals surface area (Å²) in [4.78, 5) is 23.1. The van der Waals surface area contributed by atoms with Crippen molar-refractivity contribution in [2.75, 3.05) is 13.2 Å². The molecular formula is C11H10O4. The molecule has 0 unspecified atom stereocenters.